The molecule has 2 unspecified atom stereocenters. The van der Waals surface area contributed by atoms with Crippen LogP contribution in [-0.4, -0.2) is 0 Å². The van der Waals surface area contributed by atoms with Gasteiger partial charge in [-0.3, -0.25) is 0 Å². The highest BCUT2D eigenvalue weighted by Crippen LogP contribution is 2.35. The summed E-state index contributed by atoms with van der Waals surface area (Å²) in [5.41, 5.74) is 0. The predicted molar refractivity (Wildman–Crippen MR) is 40.8 cm³/mol. The SMILES string of the molecule is [CH2]CC1CCCC1C[CH2]. The molecule has 52 valence electrons. The third kappa shape index (κ3) is 1.47. The van der Waals surface area contributed by atoms with Crippen LogP contribution in [0.2, 0.25) is 0 Å². The van der Waals surface area contributed by atoms with Crippen LogP contribution in [-0.2, 0) is 0 Å². The van der Waals surface area contributed by atoms with Gasteiger partial charge in [-0.1, -0.05) is 46.0 Å². The summed E-state index contributed by atoms with van der Waals surface area (Å²) in [5.74, 6) is 1.81. The molecule has 2 atom stereocenters. The fourth-order valence-electron chi connectivity index (χ4n) is 1.87. The minimum Gasteiger partial charge on any atom is -0.0530 e. The average Bonchev–Trinajstić information content (AvgIpc) is 2.33. The van der Waals surface area contributed by atoms with Crippen LogP contribution in [0.25, 0.3) is 0 Å². The van der Waals surface area contributed by atoms with Crippen molar-refractivity contribution in [2.45, 2.75) is 32.1 Å². The van der Waals surface area contributed by atoms with Crippen molar-refractivity contribution in [3.63, 3.8) is 0 Å². The molecular formula is C9H16. The summed E-state index contributed by atoms with van der Waals surface area (Å²) in [6.45, 7) is 7.88. The number of hydrogen-bond acceptors (Lipinski definition) is 0. The second-order valence-electron chi connectivity index (χ2n) is 3.03. The van der Waals surface area contributed by atoms with E-state index in [0.29, 0.717) is 0 Å². The minimum atomic E-state index is 0.905. The molecule has 1 fully saturated rings. The molecule has 0 bridgehead atoms. The second kappa shape index (κ2) is 3.24. The Labute approximate surface area is 58.7 Å². The molecule has 1 aliphatic rings. The van der Waals surface area contributed by atoms with E-state index >= 15 is 0 Å². The highest BCUT2D eigenvalue weighted by molar-refractivity contribution is 4.78. The van der Waals surface area contributed by atoms with E-state index in [1.54, 1.807) is 0 Å². The Bertz CT molecular complexity index is 66.1. The summed E-state index contributed by atoms with van der Waals surface area (Å²) < 4.78 is 0. The number of hydrogen-bond donors (Lipinski definition) is 0. The van der Waals surface area contributed by atoms with E-state index < -0.39 is 0 Å². The van der Waals surface area contributed by atoms with Crippen molar-refractivity contribution in [3.05, 3.63) is 13.8 Å². The van der Waals surface area contributed by atoms with Gasteiger partial charge in [-0.05, 0) is 11.8 Å². The summed E-state index contributed by atoms with van der Waals surface area (Å²) in [5, 5.41) is 0. The van der Waals surface area contributed by atoms with Gasteiger partial charge in [0.2, 0.25) is 0 Å². The molecule has 2 radical (unpaired) electrons. The normalized spacial score (nSPS) is 35.3. The van der Waals surface area contributed by atoms with Gasteiger partial charge in [0, 0.05) is 0 Å². The average molecular weight is 124 g/mol. The fraction of sp³-hybridized carbons (Fsp3) is 0.778. The quantitative estimate of drug-likeness (QED) is 0.531. The van der Waals surface area contributed by atoms with Crippen LogP contribution < -0.4 is 0 Å². The van der Waals surface area contributed by atoms with Crippen molar-refractivity contribution in [1.82, 2.24) is 0 Å². The first-order valence-electron chi connectivity index (χ1n) is 3.97. The Morgan fingerprint density at radius 1 is 1.00 bits per heavy atom. The van der Waals surface area contributed by atoms with Crippen molar-refractivity contribution in [1.29, 1.82) is 0 Å². The van der Waals surface area contributed by atoms with E-state index in [4.69, 9.17) is 0 Å². The first-order chi connectivity index (χ1) is 4.38. The van der Waals surface area contributed by atoms with Crippen molar-refractivity contribution < 1.29 is 0 Å². The second-order valence-corrected chi connectivity index (χ2v) is 3.03. The van der Waals surface area contributed by atoms with Gasteiger partial charge in [0.15, 0.2) is 0 Å². The Hall–Kier alpha value is 0. The molecule has 0 spiro atoms. The van der Waals surface area contributed by atoms with Gasteiger partial charge in [0.05, 0.1) is 0 Å². The van der Waals surface area contributed by atoms with Gasteiger partial charge in [0.25, 0.3) is 0 Å². The molecule has 0 aromatic carbocycles. The molecule has 0 saturated heterocycles. The van der Waals surface area contributed by atoms with Crippen LogP contribution in [0.15, 0.2) is 0 Å². The molecule has 0 heteroatoms. The Morgan fingerprint density at radius 2 is 1.44 bits per heavy atom. The van der Waals surface area contributed by atoms with Gasteiger partial charge in [-0.2, -0.15) is 0 Å². The van der Waals surface area contributed by atoms with Gasteiger partial charge in [0.1, 0.15) is 0 Å². The van der Waals surface area contributed by atoms with Crippen LogP contribution in [0, 0.1) is 25.7 Å². The van der Waals surface area contributed by atoms with Crippen molar-refractivity contribution >= 4 is 0 Å². The summed E-state index contributed by atoms with van der Waals surface area (Å²) in [7, 11) is 0. The zero-order chi connectivity index (χ0) is 6.69. The molecule has 0 amide bonds. The van der Waals surface area contributed by atoms with E-state index in [0.717, 1.165) is 24.7 Å². The predicted octanol–water partition coefficient (Wildman–Crippen LogP) is 2.85. The number of rotatable bonds is 2. The van der Waals surface area contributed by atoms with E-state index in [1.807, 2.05) is 0 Å². The van der Waals surface area contributed by atoms with E-state index in [1.165, 1.54) is 19.3 Å². The highest BCUT2D eigenvalue weighted by atomic mass is 14.3. The lowest BCUT2D eigenvalue weighted by Gasteiger charge is -2.14. The molecule has 0 N–H and O–H groups in total. The van der Waals surface area contributed by atoms with Crippen LogP contribution in [0.4, 0.5) is 0 Å². The molecule has 1 rings (SSSR count). The van der Waals surface area contributed by atoms with Crippen LogP contribution in [0.3, 0.4) is 0 Å². The summed E-state index contributed by atoms with van der Waals surface area (Å²) >= 11 is 0. The van der Waals surface area contributed by atoms with Gasteiger partial charge >= 0.3 is 0 Å². The maximum absolute atomic E-state index is 3.94. The van der Waals surface area contributed by atoms with Gasteiger partial charge in [-0.15, -0.1) is 0 Å². The summed E-state index contributed by atoms with van der Waals surface area (Å²) in [6.07, 6.45) is 6.48. The topological polar surface area (TPSA) is 0 Å². The van der Waals surface area contributed by atoms with E-state index in [2.05, 4.69) is 13.8 Å². The van der Waals surface area contributed by atoms with Gasteiger partial charge in [-0.25, -0.2) is 0 Å². The zero-order valence-electron chi connectivity index (χ0n) is 6.10. The smallest absolute Gasteiger partial charge is 0.0386 e. The van der Waals surface area contributed by atoms with Crippen LogP contribution in [0.5, 0.6) is 0 Å². The lowest BCUT2D eigenvalue weighted by atomic mass is 9.92. The molecular weight excluding hydrogens is 108 g/mol. The molecule has 9 heavy (non-hydrogen) atoms. The lowest BCUT2D eigenvalue weighted by molar-refractivity contribution is 0.393. The molecule has 1 saturated carbocycles. The molecule has 0 nitrogen and oxygen atoms in total. The molecule has 0 aliphatic heterocycles. The maximum Gasteiger partial charge on any atom is -0.0386 e. The van der Waals surface area contributed by atoms with E-state index in [9.17, 15) is 0 Å². The highest BCUT2D eigenvalue weighted by Gasteiger charge is 2.23. The summed E-state index contributed by atoms with van der Waals surface area (Å²) in [6, 6.07) is 0. The van der Waals surface area contributed by atoms with Crippen LogP contribution in [0.1, 0.15) is 32.1 Å². The summed E-state index contributed by atoms with van der Waals surface area (Å²) in [4.78, 5) is 0. The minimum absolute atomic E-state index is 0.905. The molecule has 0 aromatic heterocycles. The molecule has 1 aliphatic carbocycles. The Morgan fingerprint density at radius 3 is 1.78 bits per heavy atom. The van der Waals surface area contributed by atoms with Gasteiger partial charge < -0.3 is 0 Å². The largest absolute Gasteiger partial charge is 0.0530 e. The third-order valence-corrected chi connectivity index (χ3v) is 2.56. The standard InChI is InChI=1S/C9H16/c1-3-8-6-5-7-9(8)4-2/h8-9H,1-7H2. The van der Waals surface area contributed by atoms with Crippen molar-refractivity contribution in [2.24, 2.45) is 11.8 Å². The van der Waals surface area contributed by atoms with Crippen molar-refractivity contribution in [2.75, 3.05) is 0 Å². The Kier molecular flexibility index (Phi) is 2.56. The van der Waals surface area contributed by atoms with Crippen molar-refractivity contribution in [3.8, 4) is 0 Å². The lowest BCUT2D eigenvalue weighted by Crippen LogP contribution is -2.04. The van der Waals surface area contributed by atoms with Crippen LogP contribution >= 0.6 is 0 Å². The monoisotopic (exact) mass is 124 g/mol. The fourth-order valence-corrected chi connectivity index (χ4v) is 1.87. The zero-order valence-corrected chi connectivity index (χ0v) is 6.10. The first-order valence-corrected chi connectivity index (χ1v) is 3.97. The van der Waals surface area contributed by atoms with E-state index in [-0.39, 0.29) is 0 Å². The third-order valence-electron chi connectivity index (χ3n) is 2.56. The first kappa shape index (κ1) is 7.11. The Balaban J connectivity index is 2.32. The molecule has 0 aromatic rings. The molecule has 0 heterocycles. The maximum atomic E-state index is 3.94.